The first-order chi connectivity index (χ1) is 13.4. The summed E-state index contributed by atoms with van der Waals surface area (Å²) in [6, 6.07) is 17.9. The van der Waals surface area contributed by atoms with Crippen LogP contribution in [-0.2, 0) is 6.54 Å². The van der Waals surface area contributed by atoms with E-state index in [1.165, 1.54) is 0 Å². The van der Waals surface area contributed by atoms with Gasteiger partial charge in [0.15, 0.2) is 0 Å². The van der Waals surface area contributed by atoms with E-state index >= 15 is 0 Å². The van der Waals surface area contributed by atoms with Crippen molar-refractivity contribution in [1.29, 1.82) is 0 Å². The van der Waals surface area contributed by atoms with E-state index in [0.29, 0.717) is 5.02 Å². The summed E-state index contributed by atoms with van der Waals surface area (Å²) >= 11 is 6.10. The highest BCUT2D eigenvalue weighted by molar-refractivity contribution is 6.31. The van der Waals surface area contributed by atoms with Gasteiger partial charge in [-0.25, -0.2) is 4.98 Å². The Morgan fingerprint density at radius 3 is 2.39 bits per heavy atom. The predicted octanol–water partition coefficient (Wildman–Crippen LogP) is 4.53. The van der Waals surface area contributed by atoms with Crippen molar-refractivity contribution in [2.45, 2.75) is 20.4 Å². The monoisotopic (exact) mass is 393 g/mol. The molecule has 0 fully saturated rings. The molecule has 0 aliphatic heterocycles. The molecule has 3 aromatic rings. The Balaban J connectivity index is 1.70. The molecule has 3 rings (SSSR count). The first-order valence-corrected chi connectivity index (χ1v) is 9.19. The molecule has 1 aromatic heterocycles. The summed E-state index contributed by atoms with van der Waals surface area (Å²) < 4.78 is 0. The van der Waals surface area contributed by atoms with Crippen molar-refractivity contribution in [3.05, 3.63) is 93.8 Å². The Morgan fingerprint density at radius 1 is 0.929 bits per heavy atom. The van der Waals surface area contributed by atoms with Gasteiger partial charge in [-0.3, -0.25) is 9.59 Å². The van der Waals surface area contributed by atoms with Crippen LogP contribution in [-0.4, -0.2) is 16.8 Å². The standard InChI is InChI=1S/C22H20ClN3O2/c1-14-10-11-15(2)20(12-14)26-22(28)19-9-5-8-18(25-19)21(27)24-13-16-6-3-4-7-17(16)23/h3-12H,13H2,1-2H3,(H,24,27)(H,26,28). The topological polar surface area (TPSA) is 71.1 Å². The highest BCUT2D eigenvalue weighted by atomic mass is 35.5. The molecule has 0 spiro atoms. The van der Waals surface area contributed by atoms with Crippen LogP contribution in [0.15, 0.2) is 60.7 Å². The summed E-state index contributed by atoms with van der Waals surface area (Å²) in [5.41, 5.74) is 3.86. The number of carbonyl (C=O) groups is 2. The van der Waals surface area contributed by atoms with E-state index in [2.05, 4.69) is 15.6 Å². The molecule has 0 unspecified atom stereocenters. The van der Waals surface area contributed by atoms with Crippen molar-refractivity contribution >= 4 is 29.1 Å². The number of nitrogens with zero attached hydrogens (tertiary/aromatic N) is 1. The van der Waals surface area contributed by atoms with Gasteiger partial charge in [0, 0.05) is 17.3 Å². The van der Waals surface area contributed by atoms with E-state index in [9.17, 15) is 9.59 Å². The van der Waals surface area contributed by atoms with Crippen molar-refractivity contribution in [3.63, 3.8) is 0 Å². The number of halogens is 1. The van der Waals surface area contributed by atoms with Crippen LogP contribution in [0.5, 0.6) is 0 Å². The van der Waals surface area contributed by atoms with Gasteiger partial charge in [-0.2, -0.15) is 0 Å². The predicted molar refractivity (Wildman–Crippen MR) is 111 cm³/mol. The van der Waals surface area contributed by atoms with Gasteiger partial charge in [0.25, 0.3) is 11.8 Å². The number of aromatic nitrogens is 1. The lowest BCUT2D eigenvalue weighted by atomic mass is 10.1. The number of benzene rings is 2. The van der Waals surface area contributed by atoms with E-state index in [-0.39, 0.29) is 29.7 Å². The van der Waals surface area contributed by atoms with Crippen molar-refractivity contribution < 1.29 is 9.59 Å². The minimum atomic E-state index is -0.374. The van der Waals surface area contributed by atoms with Gasteiger partial charge in [-0.1, -0.05) is 48.0 Å². The number of pyridine rings is 1. The third-order valence-corrected chi connectivity index (χ3v) is 4.62. The molecule has 0 saturated carbocycles. The lowest BCUT2D eigenvalue weighted by molar-refractivity contribution is 0.0945. The molecule has 28 heavy (non-hydrogen) atoms. The van der Waals surface area contributed by atoms with Gasteiger partial charge >= 0.3 is 0 Å². The normalized spacial score (nSPS) is 10.4. The number of hydrogen-bond donors (Lipinski definition) is 2. The highest BCUT2D eigenvalue weighted by Crippen LogP contribution is 2.17. The summed E-state index contributed by atoms with van der Waals surface area (Å²) in [6.07, 6.45) is 0. The minimum Gasteiger partial charge on any atom is -0.347 e. The zero-order valence-electron chi connectivity index (χ0n) is 15.6. The molecule has 2 aromatic carbocycles. The molecule has 0 aliphatic rings. The first-order valence-electron chi connectivity index (χ1n) is 8.81. The van der Waals surface area contributed by atoms with Crippen LogP contribution in [0.4, 0.5) is 5.69 Å². The fourth-order valence-corrected chi connectivity index (χ4v) is 2.85. The molecule has 2 amide bonds. The maximum Gasteiger partial charge on any atom is 0.274 e. The van der Waals surface area contributed by atoms with Crippen molar-refractivity contribution in [2.75, 3.05) is 5.32 Å². The van der Waals surface area contributed by atoms with Crippen LogP contribution in [0.1, 0.15) is 37.7 Å². The molecule has 2 N–H and O–H groups in total. The van der Waals surface area contributed by atoms with Gasteiger partial charge in [0.05, 0.1) is 0 Å². The maximum absolute atomic E-state index is 12.6. The maximum atomic E-state index is 12.6. The Hall–Kier alpha value is -3.18. The van der Waals surface area contributed by atoms with Crippen molar-refractivity contribution in [2.24, 2.45) is 0 Å². The number of aryl methyl sites for hydroxylation is 2. The SMILES string of the molecule is Cc1ccc(C)c(NC(=O)c2cccc(C(=O)NCc3ccccc3Cl)n2)c1. The summed E-state index contributed by atoms with van der Waals surface area (Å²) in [4.78, 5) is 29.2. The molecule has 0 atom stereocenters. The Bertz CT molecular complexity index is 1030. The molecular formula is C22H20ClN3O2. The molecule has 1 heterocycles. The molecule has 0 aliphatic carbocycles. The number of anilines is 1. The third-order valence-electron chi connectivity index (χ3n) is 4.25. The summed E-state index contributed by atoms with van der Waals surface area (Å²) in [7, 11) is 0. The number of amides is 2. The largest absolute Gasteiger partial charge is 0.347 e. The van der Waals surface area contributed by atoms with Crippen LogP contribution >= 0.6 is 11.6 Å². The third kappa shape index (κ3) is 4.75. The fourth-order valence-electron chi connectivity index (χ4n) is 2.65. The molecule has 142 valence electrons. The number of nitrogens with one attached hydrogen (secondary N) is 2. The molecule has 0 bridgehead atoms. The average molecular weight is 394 g/mol. The molecule has 6 heteroatoms. The number of carbonyl (C=O) groups excluding carboxylic acids is 2. The molecular weight excluding hydrogens is 374 g/mol. The van der Waals surface area contributed by atoms with Gasteiger partial charge in [-0.15, -0.1) is 0 Å². The summed E-state index contributed by atoms with van der Waals surface area (Å²) in [5.74, 6) is -0.740. The quantitative estimate of drug-likeness (QED) is 0.668. The highest BCUT2D eigenvalue weighted by Gasteiger charge is 2.14. The Kier molecular flexibility index (Phi) is 6.06. The lowest BCUT2D eigenvalue weighted by Gasteiger charge is -2.10. The van der Waals surface area contributed by atoms with Crippen molar-refractivity contribution in [1.82, 2.24) is 10.3 Å². The smallest absolute Gasteiger partial charge is 0.274 e. The number of rotatable bonds is 5. The first kappa shape index (κ1) is 19.6. The van der Waals surface area contributed by atoms with Crippen LogP contribution in [0.3, 0.4) is 0 Å². The second kappa shape index (κ2) is 8.67. The zero-order valence-corrected chi connectivity index (χ0v) is 16.4. The van der Waals surface area contributed by atoms with Crippen LogP contribution in [0.2, 0.25) is 5.02 Å². The van der Waals surface area contributed by atoms with Crippen molar-refractivity contribution in [3.8, 4) is 0 Å². The van der Waals surface area contributed by atoms with E-state index in [0.717, 1.165) is 22.4 Å². The van der Waals surface area contributed by atoms with E-state index in [4.69, 9.17) is 11.6 Å². The summed E-state index contributed by atoms with van der Waals surface area (Å²) in [6.45, 7) is 4.15. The van der Waals surface area contributed by atoms with Gasteiger partial charge in [0.2, 0.25) is 0 Å². The Morgan fingerprint density at radius 2 is 1.64 bits per heavy atom. The fraction of sp³-hybridized carbons (Fsp3) is 0.136. The van der Waals surface area contributed by atoms with Gasteiger partial charge in [-0.05, 0) is 54.8 Å². The Labute approximate surface area is 168 Å². The zero-order chi connectivity index (χ0) is 20.1. The van der Waals surface area contributed by atoms with Crippen LogP contribution in [0.25, 0.3) is 0 Å². The van der Waals surface area contributed by atoms with Crippen LogP contribution < -0.4 is 10.6 Å². The summed E-state index contributed by atoms with van der Waals surface area (Å²) in [5, 5.41) is 6.20. The lowest BCUT2D eigenvalue weighted by Crippen LogP contribution is -2.25. The minimum absolute atomic E-state index is 0.167. The molecule has 0 saturated heterocycles. The average Bonchev–Trinajstić information content (AvgIpc) is 2.70. The van der Waals surface area contributed by atoms with E-state index in [1.54, 1.807) is 24.3 Å². The van der Waals surface area contributed by atoms with Gasteiger partial charge < -0.3 is 10.6 Å². The van der Waals surface area contributed by atoms with E-state index in [1.807, 2.05) is 50.2 Å². The van der Waals surface area contributed by atoms with E-state index < -0.39 is 0 Å². The molecule has 0 radical (unpaired) electrons. The second-order valence-electron chi connectivity index (χ2n) is 6.45. The van der Waals surface area contributed by atoms with Gasteiger partial charge in [0.1, 0.15) is 11.4 Å². The number of hydrogen-bond acceptors (Lipinski definition) is 3. The second-order valence-corrected chi connectivity index (χ2v) is 6.86. The molecule has 5 nitrogen and oxygen atoms in total. The van der Waals surface area contributed by atoms with Crippen LogP contribution in [0, 0.1) is 13.8 Å².